The number of hydrogen-bond donors (Lipinski definition) is 2. The fourth-order valence-corrected chi connectivity index (χ4v) is 3.61. The molecule has 4 rings (SSSR count). The van der Waals surface area contributed by atoms with E-state index in [1.165, 1.54) is 0 Å². The van der Waals surface area contributed by atoms with Gasteiger partial charge in [-0.15, -0.1) is 0 Å². The van der Waals surface area contributed by atoms with Gasteiger partial charge < -0.3 is 9.47 Å². The van der Waals surface area contributed by atoms with Gasteiger partial charge in [0.2, 0.25) is 0 Å². The normalized spacial score (nSPS) is 11.1. The van der Waals surface area contributed by atoms with E-state index >= 15 is 0 Å². The molecule has 4 aromatic rings. The second-order valence-electron chi connectivity index (χ2n) is 7.02. The van der Waals surface area contributed by atoms with Crippen LogP contribution in [0.3, 0.4) is 0 Å². The van der Waals surface area contributed by atoms with E-state index in [1.807, 2.05) is 66.7 Å². The third-order valence-electron chi connectivity index (χ3n) is 5.19. The van der Waals surface area contributed by atoms with Gasteiger partial charge in [-0.2, -0.15) is 0 Å². The Labute approximate surface area is 180 Å². The summed E-state index contributed by atoms with van der Waals surface area (Å²) in [5.74, 6) is -0.568. The van der Waals surface area contributed by atoms with Gasteiger partial charge in [0.05, 0.1) is 16.8 Å². The van der Waals surface area contributed by atoms with Gasteiger partial charge in [-0.05, 0) is 23.3 Å². The maximum Gasteiger partial charge on any atom is 0.275 e. The zero-order chi connectivity index (χ0) is 21.8. The minimum Gasteiger partial charge on any atom is -0.352 e. The zero-order valence-corrected chi connectivity index (χ0v) is 17.2. The number of carbonyl (C=O) groups excluding carboxylic acids is 1. The first-order chi connectivity index (χ1) is 15.1. The van der Waals surface area contributed by atoms with E-state index in [2.05, 4.69) is 4.98 Å². The Morgan fingerprint density at radius 1 is 0.871 bits per heavy atom. The van der Waals surface area contributed by atoms with E-state index in [1.54, 1.807) is 31.8 Å². The Morgan fingerprint density at radius 2 is 1.45 bits per heavy atom. The van der Waals surface area contributed by atoms with E-state index in [9.17, 15) is 4.79 Å². The number of pyridine rings is 1. The molecule has 0 spiro atoms. The lowest BCUT2D eigenvalue weighted by atomic mass is 9.99. The molecular weight excluding hydrogens is 392 g/mol. The highest BCUT2D eigenvalue weighted by Crippen LogP contribution is 2.28. The largest absolute Gasteiger partial charge is 0.352 e. The highest BCUT2D eigenvalue weighted by Gasteiger charge is 2.14. The van der Waals surface area contributed by atoms with Crippen LogP contribution in [0, 0.1) is 0 Å². The molecule has 0 radical (unpaired) electrons. The van der Waals surface area contributed by atoms with Gasteiger partial charge in [0.15, 0.2) is 6.29 Å². The Kier molecular flexibility index (Phi) is 6.04. The highest BCUT2D eigenvalue weighted by molar-refractivity contribution is 6.06. The molecule has 31 heavy (non-hydrogen) atoms. The topological polar surface area (TPSA) is 80.7 Å². The summed E-state index contributed by atoms with van der Waals surface area (Å²) in [5.41, 5.74) is 7.36. The number of fused-ring (bicyclic) bond motifs is 1. The maximum absolute atomic E-state index is 12.2. The second-order valence-corrected chi connectivity index (χ2v) is 7.02. The van der Waals surface area contributed by atoms with Crippen molar-refractivity contribution in [3.05, 3.63) is 90.0 Å². The minimum atomic E-state index is -0.568. The maximum atomic E-state index is 12.2. The van der Waals surface area contributed by atoms with Crippen molar-refractivity contribution in [1.82, 2.24) is 10.5 Å². The lowest BCUT2D eigenvalue weighted by molar-refractivity contribution is -0.106. The van der Waals surface area contributed by atoms with Crippen LogP contribution in [0.15, 0.2) is 78.9 Å². The van der Waals surface area contributed by atoms with Gasteiger partial charge in [0.25, 0.3) is 5.91 Å². The molecule has 1 heterocycles. The number of para-hydroxylation sites is 1. The van der Waals surface area contributed by atoms with Gasteiger partial charge in [-0.3, -0.25) is 10.0 Å². The molecule has 0 atom stereocenters. The number of benzene rings is 3. The average Bonchev–Trinajstić information content (AvgIpc) is 2.84. The van der Waals surface area contributed by atoms with Crippen LogP contribution in [0.5, 0.6) is 0 Å². The number of hydroxylamine groups is 1. The van der Waals surface area contributed by atoms with Crippen molar-refractivity contribution in [3.8, 4) is 22.4 Å². The first kappa shape index (κ1) is 20.7. The molecule has 0 aliphatic carbocycles. The number of ether oxygens (including phenoxy) is 2. The molecule has 0 saturated carbocycles. The standard InChI is InChI=1S/C25H22N2O4/c1-30-25(31-2)19-13-9-17(10-14-19)16-7-11-18(12-8-16)23-15-21(24(28)27-29)20-5-3-4-6-22(20)26-23/h3-15,25,29H,1-2H3,(H,27,28). The Hall–Kier alpha value is -3.58. The molecule has 0 bridgehead atoms. The molecule has 0 aliphatic rings. The SMILES string of the molecule is COC(OC)c1ccc(-c2ccc(-c3cc(C(=O)NO)c4ccccc4n3)cc2)cc1. The molecule has 0 unspecified atom stereocenters. The van der Waals surface area contributed by atoms with Crippen molar-refractivity contribution in [2.24, 2.45) is 0 Å². The molecule has 6 nitrogen and oxygen atoms in total. The predicted molar refractivity (Wildman–Crippen MR) is 119 cm³/mol. The minimum absolute atomic E-state index is 0.369. The van der Waals surface area contributed by atoms with Gasteiger partial charge >= 0.3 is 0 Å². The van der Waals surface area contributed by atoms with E-state index in [-0.39, 0.29) is 6.29 Å². The van der Waals surface area contributed by atoms with Crippen molar-refractivity contribution in [2.45, 2.75) is 6.29 Å². The van der Waals surface area contributed by atoms with E-state index in [0.717, 1.165) is 22.3 Å². The van der Waals surface area contributed by atoms with Crippen LogP contribution < -0.4 is 5.48 Å². The number of carbonyl (C=O) groups is 1. The predicted octanol–water partition coefficient (Wildman–Crippen LogP) is 4.98. The van der Waals surface area contributed by atoms with Gasteiger partial charge in [-0.1, -0.05) is 66.7 Å². The fraction of sp³-hybridized carbons (Fsp3) is 0.120. The molecule has 0 aliphatic heterocycles. The Bertz CT molecular complexity index is 1200. The molecule has 2 N–H and O–H groups in total. The van der Waals surface area contributed by atoms with Crippen molar-refractivity contribution in [1.29, 1.82) is 0 Å². The van der Waals surface area contributed by atoms with Crippen molar-refractivity contribution in [2.75, 3.05) is 14.2 Å². The summed E-state index contributed by atoms with van der Waals surface area (Å²) in [6.45, 7) is 0. The van der Waals surface area contributed by atoms with E-state index in [0.29, 0.717) is 22.2 Å². The number of methoxy groups -OCH3 is 2. The van der Waals surface area contributed by atoms with Crippen LogP contribution >= 0.6 is 0 Å². The van der Waals surface area contributed by atoms with Crippen LogP contribution in [-0.4, -0.2) is 30.3 Å². The Morgan fingerprint density at radius 3 is 2.06 bits per heavy atom. The van der Waals surface area contributed by atoms with Gasteiger partial charge in [-0.25, -0.2) is 10.5 Å². The van der Waals surface area contributed by atoms with Gasteiger partial charge in [0.1, 0.15) is 0 Å². The molecule has 156 valence electrons. The summed E-state index contributed by atoms with van der Waals surface area (Å²) in [6, 6.07) is 25.0. The lowest BCUT2D eigenvalue weighted by Gasteiger charge is -2.14. The number of aromatic nitrogens is 1. The smallest absolute Gasteiger partial charge is 0.275 e. The summed E-state index contributed by atoms with van der Waals surface area (Å²) in [5, 5.41) is 9.80. The lowest BCUT2D eigenvalue weighted by Crippen LogP contribution is -2.19. The highest BCUT2D eigenvalue weighted by atomic mass is 16.7. The third kappa shape index (κ3) is 4.18. The van der Waals surface area contributed by atoms with Crippen LogP contribution in [0.2, 0.25) is 0 Å². The van der Waals surface area contributed by atoms with Crippen LogP contribution in [-0.2, 0) is 9.47 Å². The van der Waals surface area contributed by atoms with Crippen LogP contribution in [0.25, 0.3) is 33.3 Å². The van der Waals surface area contributed by atoms with Crippen molar-refractivity contribution < 1.29 is 19.5 Å². The fourth-order valence-electron chi connectivity index (χ4n) is 3.61. The summed E-state index contributed by atoms with van der Waals surface area (Å²) >= 11 is 0. The first-order valence-corrected chi connectivity index (χ1v) is 9.75. The monoisotopic (exact) mass is 414 g/mol. The number of nitrogens with one attached hydrogen (secondary N) is 1. The third-order valence-corrected chi connectivity index (χ3v) is 5.19. The van der Waals surface area contributed by atoms with E-state index in [4.69, 9.17) is 14.7 Å². The molecule has 1 aromatic heterocycles. The quantitative estimate of drug-likeness (QED) is 0.264. The van der Waals surface area contributed by atoms with Crippen molar-refractivity contribution in [3.63, 3.8) is 0 Å². The summed E-state index contributed by atoms with van der Waals surface area (Å²) in [6.07, 6.45) is -0.388. The number of rotatable bonds is 6. The molecule has 6 heteroatoms. The average molecular weight is 414 g/mol. The molecular formula is C25H22N2O4. The van der Waals surface area contributed by atoms with Crippen molar-refractivity contribution >= 4 is 16.8 Å². The number of nitrogens with zero attached hydrogens (tertiary/aromatic N) is 1. The molecule has 3 aromatic carbocycles. The number of hydrogen-bond acceptors (Lipinski definition) is 5. The summed E-state index contributed by atoms with van der Waals surface area (Å²) < 4.78 is 10.6. The molecule has 0 saturated heterocycles. The van der Waals surface area contributed by atoms with Gasteiger partial charge in [0, 0.05) is 30.7 Å². The summed E-state index contributed by atoms with van der Waals surface area (Å²) in [4.78, 5) is 16.8. The summed E-state index contributed by atoms with van der Waals surface area (Å²) in [7, 11) is 3.22. The molecule has 0 fully saturated rings. The van der Waals surface area contributed by atoms with Crippen LogP contribution in [0.1, 0.15) is 22.2 Å². The number of amides is 1. The van der Waals surface area contributed by atoms with E-state index < -0.39 is 5.91 Å². The zero-order valence-electron chi connectivity index (χ0n) is 17.2. The second kappa shape index (κ2) is 9.06. The molecule has 1 amide bonds. The first-order valence-electron chi connectivity index (χ1n) is 9.75. The van der Waals surface area contributed by atoms with Crippen LogP contribution in [0.4, 0.5) is 0 Å². The Balaban J connectivity index is 1.67.